The number of H-pyrrole nitrogens is 2. The molecule has 0 atom stereocenters. The summed E-state index contributed by atoms with van der Waals surface area (Å²) in [6.45, 7) is 0. The van der Waals surface area contributed by atoms with Gasteiger partial charge in [-0.05, 0) is 94.6 Å². The predicted molar refractivity (Wildman–Crippen MR) is 217 cm³/mol. The SMILES string of the molecule is O=S(=O)(O)c1cc(O)c2c(N=c3nc(Nc4ccc(Nc5nc(Cl)[nH]c(=Nc6cc(S(=O)(=O)O)cc7cc(S(=O)(=O)O)cc(O)c67)n5)cc4)nc(Cl)[nH]3)cc(S(=O)(=O)O)cc2c1. The number of anilines is 4. The Bertz CT molecular complexity index is 3400. The maximum Gasteiger partial charge on any atom is 0.294 e. The molecule has 0 unspecified atom stereocenters. The van der Waals surface area contributed by atoms with Crippen LogP contribution in [0.3, 0.4) is 0 Å². The molecule has 7 rings (SSSR count). The number of nitrogens with zero attached hydrogens (tertiary/aromatic N) is 6. The molecule has 0 aliphatic carbocycles. The van der Waals surface area contributed by atoms with E-state index in [1.165, 1.54) is 24.3 Å². The minimum Gasteiger partial charge on any atom is -0.507 e. The minimum absolute atomic E-state index is 0.160. The fraction of sp³-hybridized carbons (Fsp3) is 0. The van der Waals surface area contributed by atoms with Crippen molar-refractivity contribution in [2.75, 3.05) is 10.6 Å². The summed E-state index contributed by atoms with van der Waals surface area (Å²) in [5, 5.41) is 25.6. The summed E-state index contributed by atoms with van der Waals surface area (Å²) >= 11 is 12.3. The lowest BCUT2D eigenvalue weighted by Gasteiger charge is -2.10. The average molecular weight is 970 g/mol. The van der Waals surface area contributed by atoms with E-state index in [1.54, 1.807) is 0 Å². The summed E-state index contributed by atoms with van der Waals surface area (Å²) in [5.41, 5.74) is -0.570. The van der Waals surface area contributed by atoms with Crippen LogP contribution in [-0.4, -0.2) is 92.0 Å². The summed E-state index contributed by atoms with van der Waals surface area (Å²) < 4.78 is 134. The van der Waals surface area contributed by atoms with Crippen LogP contribution in [0.4, 0.5) is 34.6 Å². The molecule has 10 N–H and O–H groups in total. The monoisotopic (exact) mass is 968 g/mol. The van der Waals surface area contributed by atoms with E-state index < -0.39 is 71.6 Å². The minimum atomic E-state index is -4.90. The van der Waals surface area contributed by atoms with Crippen molar-refractivity contribution < 1.29 is 62.1 Å². The van der Waals surface area contributed by atoms with Gasteiger partial charge in [-0.15, -0.1) is 0 Å². The van der Waals surface area contributed by atoms with E-state index in [9.17, 15) is 62.1 Å². The van der Waals surface area contributed by atoms with Crippen LogP contribution in [-0.2, 0) is 40.5 Å². The largest absolute Gasteiger partial charge is 0.507 e. The van der Waals surface area contributed by atoms with E-state index in [0.29, 0.717) is 23.5 Å². The molecule has 0 amide bonds. The molecule has 0 aliphatic rings. The number of aromatic nitrogens is 6. The summed E-state index contributed by atoms with van der Waals surface area (Å²) in [5.74, 6) is -1.78. The Labute approximate surface area is 356 Å². The van der Waals surface area contributed by atoms with Crippen LogP contribution in [0.2, 0.25) is 10.6 Å². The first kappa shape index (κ1) is 43.7. The van der Waals surface area contributed by atoms with Gasteiger partial charge in [0.05, 0.1) is 31.0 Å². The normalized spacial score (nSPS) is 13.2. The van der Waals surface area contributed by atoms with Crippen LogP contribution in [0.1, 0.15) is 0 Å². The second-order valence-electron chi connectivity index (χ2n) is 12.5. The zero-order valence-corrected chi connectivity index (χ0v) is 34.7. The summed E-state index contributed by atoms with van der Waals surface area (Å²) in [6, 6.07) is 12.6. The number of phenolic OH excluding ortho intramolecular Hbond substituents is 2. The summed E-state index contributed by atoms with van der Waals surface area (Å²) in [6.07, 6.45) is 0. The number of hydrogen-bond acceptors (Lipinski definition) is 18. The number of halogens is 2. The van der Waals surface area contributed by atoms with Crippen LogP contribution < -0.4 is 21.9 Å². The fourth-order valence-corrected chi connectivity index (χ4v) is 8.15. The van der Waals surface area contributed by atoms with Gasteiger partial charge in [-0.1, -0.05) is 0 Å². The van der Waals surface area contributed by atoms with Gasteiger partial charge in [0, 0.05) is 34.3 Å². The van der Waals surface area contributed by atoms with Crippen LogP contribution in [0.25, 0.3) is 21.5 Å². The van der Waals surface area contributed by atoms with Gasteiger partial charge in [-0.3, -0.25) is 28.2 Å². The van der Waals surface area contributed by atoms with Crippen LogP contribution in [0.15, 0.2) is 102 Å². The molecular formula is C32H22Cl2N10O14S4. The number of fused-ring (bicyclic) bond motifs is 2. The first-order valence-corrected chi connectivity index (χ1v) is 22.8. The molecule has 0 bridgehead atoms. The summed E-state index contributed by atoms with van der Waals surface area (Å²) in [7, 11) is -19.5. The average Bonchev–Trinajstić information content (AvgIpc) is 3.13. The van der Waals surface area contributed by atoms with Gasteiger partial charge in [0.1, 0.15) is 11.5 Å². The van der Waals surface area contributed by atoms with Crippen molar-refractivity contribution in [2.45, 2.75) is 19.6 Å². The van der Waals surface area contributed by atoms with Crippen molar-refractivity contribution >= 4 is 120 Å². The lowest BCUT2D eigenvalue weighted by molar-refractivity contribution is 0.470. The van der Waals surface area contributed by atoms with Crippen molar-refractivity contribution in [3.8, 4) is 11.5 Å². The van der Waals surface area contributed by atoms with Gasteiger partial charge in [-0.25, -0.2) is 9.98 Å². The van der Waals surface area contributed by atoms with Crippen molar-refractivity contribution in [1.29, 1.82) is 0 Å². The molecule has 30 heteroatoms. The third-order valence-electron chi connectivity index (χ3n) is 8.21. The number of aromatic hydroxyl groups is 2. The van der Waals surface area contributed by atoms with E-state index in [4.69, 9.17) is 23.2 Å². The van der Waals surface area contributed by atoms with Gasteiger partial charge in [0.15, 0.2) is 0 Å². The maximum atomic E-state index is 12.0. The lowest BCUT2D eigenvalue weighted by Crippen LogP contribution is -2.16. The van der Waals surface area contributed by atoms with E-state index in [0.717, 1.165) is 36.4 Å². The quantitative estimate of drug-likeness (QED) is 0.0869. The zero-order chi connectivity index (χ0) is 45.1. The van der Waals surface area contributed by atoms with E-state index in [1.807, 2.05) is 0 Å². The third kappa shape index (κ3) is 9.73. The Morgan fingerprint density at radius 3 is 1.10 bits per heavy atom. The number of phenols is 2. The first-order chi connectivity index (χ1) is 28.8. The Morgan fingerprint density at radius 1 is 0.484 bits per heavy atom. The second-order valence-corrected chi connectivity index (χ2v) is 18.9. The molecule has 5 aromatic carbocycles. The lowest BCUT2D eigenvalue weighted by atomic mass is 10.1. The zero-order valence-electron chi connectivity index (χ0n) is 29.9. The van der Waals surface area contributed by atoms with E-state index in [-0.39, 0.29) is 66.6 Å². The smallest absolute Gasteiger partial charge is 0.294 e. The van der Waals surface area contributed by atoms with Gasteiger partial charge in [0.25, 0.3) is 40.5 Å². The number of nitrogens with one attached hydrogen (secondary N) is 4. The Kier molecular flexibility index (Phi) is 11.2. The standard InChI is InChI=1S/C32H22Cl2N10O14S4/c33-27-39-29(43-31(41-27)37-21-9-17(59(47,48)49)5-13-7-19(61(53,54)55)11-23(45)25(13)21)35-15-1-2-16(4-3-15)36-30-40-28(34)42-32(44-30)38-22-10-18(60(50,51)52)6-14-8-20(62(56,57)58)12-24(46)26(14)22/h1-12,45-46H,(H,47,48,49)(H,50,51,52)(H,53,54,55)(H,56,57,58)(H2,35,37,39,41,43)(H2,36,38,40,42,44). The second kappa shape index (κ2) is 15.8. The molecule has 322 valence electrons. The van der Waals surface area contributed by atoms with E-state index >= 15 is 0 Å². The predicted octanol–water partition coefficient (Wildman–Crippen LogP) is 3.89. The molecule has 0 fully saturated rings. The third-order valence-corrected chi connectivity index (χ3v) is 11.9. The highest BCUT2D eigenvalue weighted by molar-refractivity contribution is 7.86. The van der Waals surface area contributed by atoms with Gasteiger partial charge < -0.3 is 20.8 Å². The highest BCUT2D eigenvalue weighted by atomic mass is 35.5. The van der Waals surface area contributed by atoms with Crippen LogP contribution >= 0.6 is 23.2 Å². The van der Waals surface area contributed by atoms with Crippen LogP contribution in [0, 0.1) is 0 Å². The molecule has 0 aliphatic heterocycles. The molecule has 24 nitrogen and oxygen atoms in total. The topological polar surface area (TPSA) is 390 Å². The molecule has 0 saturated carbocycles. The molecule has 2 aromatic heterocycles. The molecule has 62 heavy (non-hydrogen) atoms. The van der Waals surface area contributed by atoms with Crippen molar-refractivity contribution in [2.24, 2.45) is 9.98 Å². The van der Waals surface area contributed by atoms with Crippen molar-refractivity contribution in [1.82, 2.24) is 29.9 Å². The number of benzene rings is 5. The number of hydrogen-bond donors (Lipinski definition) is 10. The Hall–Kier alpha value is -6.34. The molecule has 0 spiro atoms. The van der Waals surface area contributed by atoms with Crippen molar-refractivity contribution in [3.05, 3.63) is 94.6 Å². The molecule has 0 radical (unpaired) electrons. The molecule has 0 saturated heterocycles. The van der Waals surface area contributed by atoms with Gasteiger partial charge in [0.2, 0.25) is 33.7 Å². The van der Waals surface area contributed by atoms with E-state index in [2.05, 4.69) is 50.5 Å². The Morgan fingerprint density at radius 2 is 0.790 bits per heavy atom. The molecular weight excluding hydrogens is 948 g/mol. The van der Waals surface area contributed by atoms with Crippen molar-refractivity contribution in [3.63, 3.8) is 0 Å². The highest BCUT2D eigenvalue weighted by Crippen LogP contribution is 2.39. The van der Waals surface area contributed by atoms with Gasteiger partial charge in [-0.2, -0.15) is 53.6 Å². The molecule has 7 aromatic rings. The molecule has 2 heterocycles. The maximum absolute atomic E-state index is 12.0. The van der Waals surface area contributed by atoms with Crippen LogP contribution in [0.5, 0.6) is 11.5 Å². The first-order valence-electron chi connectivity index (χ1n) is 16.3. The Balaban J connectivity index is 1.19. The number of aromatic amines is 2. The summed E-state index contributed by atoms with van der Waals surface area (Å²) in [4.78, 5) is 26.9. The number of rotatable bonds is 10. The fourth-order valence-electron chi connectivity index (χ4n) is 5.68. The highest BCUT2D eigenvalue weighted by Gasteiger charge is 2.22. The van der Waals surface area contributed by atoms with Gasteiger partial charge >= 0.3 is 0 Å².